The van der Waals surface area contributed by atoms with E-state index < -0.39 is 5.60 Å². The smallest absolute Gasteiger partial charge is 0.224 e. The number of hydrogen-bond donors (Lipinski definition) is 2. The molecular formula is C16H15NO3S2. The molecule has 0 radical (unpaired) electrons. The van der Waals surface area contributed by atoms with E-state index in [1.54, 1.807) is 17.4 Å². The molecule has 0 aromatic carbocycles. The maximum Gasteiger partial charge on any atom is 0.224 e. The predicted octanol–water partition coefficient (Wildman–Crippen LogP) is 3.00. The van der Waals surface area contributed by atoms with Crippen molar-refractivity contribution in [2.75, 3.05) is 6.54 Å². The molecule has 0 fully saturated rings. The first-order valence-electron chi connectivity index (χ1n) is 6.75. The molecule has 2 N–H and O–H groups in total. The van der Waals surface area contributed by atoms with Crippen molar-refractivity contribution in [2.24, 2.45) is 0 Å². The van der Waals surface area contributed by atoms with E-state index in [0.717, 1.165) is 10.4 Å². The third-order valence-corrected chi connectivity index (χ3v) is 5.17. The van der Waals surface area contributed by atoms with Crippen LogP contribution in [0.1, 0.15) is 16.0 Å². The van der Waals surface area contributed by atoms with Gasteiger partial charge in [0.1, 0.15) is 5.60 Å². The summed E-state index contributed by atoms with van der Waals surface area (Å²) >= 11 is 3.00. The van der Waals surface area contributed by atoms with Gasteiger partial charge in [0, 0.05) is 10.4 Å². The molecule has 1 atom stereocenters. The van der Waals surface area contributed by atoms with Gasteiger partial charge in [-0.15, -0.1) is 11.3 Å². The van der Waals surface area contributed by atoms with Crippen molar-refractivity contribution >= 4 is 28.6 Å². The average Bonchev–Trinajstić information content (AvgIpc) is 3.26. The molecule has 0 aliphatic heterocycles. The van der Waals surface area contributed by atoms with Crippen LogP contribution in [0.3, 0.4) is 0 Å². The highest BCUT2D eigenvalue weighted by Crippen LogP contribution is 2.32. The third kappa shape index (κ3) is 3.14. The molecule has 0 spiro atoms. The lowest BCUT2D eigenvalue weighted by Crippen LogP contribution is -2.41. The Bertz CT molecular complexity index is 669. The van der Waals surface area contributed by atoms with E-state index in [-0.39, 0.29) is 12.5 Å². The Labute approximate surface area is 136 Å². The molecule has 3 rings (SSSR count). The Morgan fingerprint density at radius 1 is 1.32 bits per heavy atom. The van der Waals surface area contributed by atoms with Crippen LogP contribution in [0.4, 0.5) is 0 Å². The number of aliphatic hydroxyl groups is 1. The van der Waals surface area contributed by atoms with E-state index in [1.165, 1.54) is 23.9 Å². The van der Waals surface area contributed by atoms with E-state index in [1.807, 2.05) is 34.3 Å². The van der Waals surface area contributed by atoms with Crippen molar-refractivity contribution in [3.8, 4) is 0 Å². The molecular weight excluding hydrogens is 318 g/mol. The number of furan rings is 1. The molecule has 114 valence electrons. The lowest BCUT2D eigenvalue weighted by molar-refractivity contribution is -0.121. The van der Waals surface area contributed by atoms with Crippen molar-refractivity contribution in [3.05, 3.63) is 68.9 Å². The van der Waals surface area contributed by atoms with Gasteiger partial charge < -0.3 is 14.8 Å². The van der Waals surface area contributed by atoms with Crippen LogP contribution >= 0.6 is 22.7 Å². The maximum atomic E-state index is 12.1. The zero-order valence-electron chi connectivity index (χ0n) is 11.7. The number of carbonyl (C=O) groups is 1. The second kappa shape index (κ2) is 6.48. The molecule has 3 heterocycles. The van der Waals surface area contributed by atoms with Crippen LogP contribution in [-0.4, -0.2) is 17.6 Å². The number of thiophene rings is 2. The molecule has 3 aromatic rings. The summed E-state index contributed by atoms with van der Waals surface area (Å²) in [5.74, 6) is -0.114. The van der Waals surface area contributed by atoms with Crippen LogP contribution < -0.4 is 5.32 Å². The highest BCUT2D eigenvalue weighted by atomic mass is 32.1. The van der Waals surface area contributed by atoms with Gasteiger partial charge in [-0.1, -0.05) is 6.07 Å². The van der Waals surface area contributed by atoms with E-state index in [0.29, 0.717) is 12.0 Å². The molecule has 0 aliphatic carbocycles. The van der Waals surface area contributed by atoms with Gasteiger partial charge in [0.05, 0.1) is 25.5 Å². The Hall–Kier alpha value is -1.89. The zero-order chi connectivity index (χ0) is 15.4. The summed E-state index contributed by atoms with van der Waals surface area (Å²) in [6, 6.07) is 7.36. The topological polar surface area (TPSA) is 62.5 Å². The van der Waals surface area contributed by atoms with Crippen LogP contribution in [0.15, 0.2) is 57.3 Å². The first-order valence-corrected chi connectivity index (χ1v) is 8.57. The monoisotopic (exact) mass is 333 g/mol. The lowest BCUT2D eigenvalue weighted by Gasteiger charge is -2.26. The summed E-state index contributed by atoms with van der Waals surface area (Å²) in [4.78, 5) is 12.8. The van der Waals surface area contributed by atoms with Crippen LogP contribution in [0.25, 0.3) is 0 Å². The Morgan fingerprint density at radius 3 is 2.86 bits per heavy atom. The summed E-state index contributed by atoms with van der Waals surface area (Å²) < 4.78 is 5.08. The van der Waals surface area contributed by atoms with Gasteiger partial charge in [0.25, 0.3) is 0 Å². The van der Waals surface area contributed by atoms with Gasteiger partial charge >= 0.3 is 0 Å². The minimum absolute atomic E-state index is 0.107. The fraction of sp³-hybridized carbons (Fsp3) is 0.188. The van der Waals surface area contributed by atoms with Crippen LogP contribution in [0.5, 0.6) is 0 Å². The second-order valence-corrected chi connectivity index (χ2v) is 6.66. The fourth-order valence-electron chi connectivity index (χ4n) is 2.21. The summed E-state index contributed by atoms with van der Waals surface area (Å²) in [7, 11) is 0. The fourth-order valence-corrected chi connectivity index (χ4v) is 3.73. The van der Waals surface area contributed by atoms with Crippen molar-refractivity contribution in [1.82, 2.24) is 5.32 Å². The largest absolute Gasteiger partial charge is 0.472 e. The molecule has 1 amide bonds. The second-order valence-electron chi connectivity index (χ2n) is 4.93. The number of amides is 1. The maximum absolute atomic E-state index is 12.1. The van der Waals surface area contributed by atoms with E-state index in [9.17, 15) is 9.90 Å². The average molecular weight is 333 g/mol. The molecule has 22 heavy (non-hydrogen) atoms. The normalized spacial score (nSPS) is 13.7. The Kier molecular flexibility index (Phi) is 4.42. The Morgan fingerprint density at radius 2 is 2.23 bits per heavy atom. The molecule has 4 nitrogen and oxygen atoms in total. The summed E-state index contributed by atoms with van der Waals surface area (Å²) in [5.41, 5.74) is 0.335. The van der Waals surface area contributed by atoms with Crippen molar-refractivity contribution in [3.63, 3.8) is 0 Å². The number of hydrogen-bond acceptors (Lipinski definition) is 5. The molecule has 6 heteroatoms. The van der Waals surface area contributed by atoms with Gasteiger partial charge in [-0.05, 0) is 39.9 Å². The summed E-state index contributed by atoms with van der Waals surface area (Å²) in [6.45, 7) is 0.107. The molecule has 0 bridgehead atoms. The van der Waals surface area contributed by atoms with Crippen molar-refractivity contribution in [1.29, 1.82) is 0 Å². The minimum Gasteiger partial charge on any atom is -0.472 e. The van der Waals surface area contributed by atoms with Gasteiger partial charge in [0.2, 0.25) is 5.91 Å². The summed E-state index contributed by atoms with van der Waals surface area (Å²) in [6.07, 6.45) is 3.33. The van der Waals surface area contributed by atoms with Gasteiger partial charge in [-0.2, -0.15) is 11.3 Å². The zero-order valence-corrected chi connectivity index (χ0v) is 13.3. The Balaban J connectivity index is 1.73. The molecule has 0 saturated carbocycles. The van der Waals surface area contributed by atoms with Gasteiger partial charge in [-0.3, -0.25) is 4.79 Å². The lowest BCUT2D eigenvalue weighted by atomic mass is 9.94. The molecule has 0 aliphatic rings. The number of rotatable bonds is 6. The summed E-state index contributed by atoms with van der Waals surface area (Å²) in [5, 5.41) is 19.6. The highest BCUT2D eigenvalue weighted by molar-refractivity contribution is 7.10. The SMILES string of the molecule is O=C(Cc1ccsc1)NC[C@@](O)(c1ccoc1)c1cccs1. The van der Waals surface area contributed by atoms with E-state index in [4.69, 9.17) is 4.42 Å². The molecule has 0 unspecified atom stereocenters. The van der Waals surface area contributed by atoms with Crippen LogP contribution in [0, 0.1) is 0 Å². The van der Waals surface area contributed by atoms with E-state index in [2.05, 4.69) is 5.32 Å². The van der Waals surface area contributed by atoms with E-state index >= 15 is 0 Å². The number of carbonyl (C=O) groups excluding carboxylic acids is 1. The minimum atomic E-state index is -1.27. The van der Waals surface area contributed by atoms with Crippen LogP contribution in [0.2, 0.25) is 0 Å². The van der Waals surface area contributed by atoms with Crippen molar-refractivity contribution in [2.45, 2.75) is 12.0 Å². The first kappa shape index (κ1) is 15.0. The predicted molar refractivity (Wildman–Crippen MR) is 87.1 cm³/mol. The number of nitrogens with one attached hydrogen (secondary N) is 1. The quantitative estimate of drug-likeness (QED) is 0.729. The highest BCUT2D eigenvalue weighted by Gasteiger charge is 2.34. The molecule has 3 aromatic heterocycles. The first-order chi connectivity index (χ1) is 10.7. The standard InChI is InChI=1S/C16H15NO3S2/c18-15(8-12-4-7-21-10-12)17-11-16(19,13-3-5-20-9-13)14-2-1-6-22-14/h1-7,9-10,19H,8,11H2,(H,17,18)/t16-/m1/s1. The van der Waals surface area contributed by atoms with Crippen molar-refractivity contribution < 1.29 is 14.3 Å². The molecule has 0 saturated heterocycles. The van der Waals surface area contributed by atoms with Gasteiger partial charge in [-0.25, -0.2) is 0 Å². The van der Waals surface area contributed by atoms with Crippen LogP contribution in [-0.2, 0) is 16.8 Å². The van der Waals surface area contributed by atoms with Gasteiger partial charge in [0.15, 0.2) is 0 Å². The third-order valence-electron chi connectivity index (χ3n) is 3.41.